The Morgan fingerprint density at radius 2 is 2.35 bits per heavy atom. The van der Waals surface area contributed by atoms with Crippen LogP contribution < -0.4 is 11.1 Å². The number of aromatic amines is 1. The van der Waals surface area contributed by atoms with Gasteiger partial charge in [0.2, 0.25) is 0 Å². The van der Waals surface area contributed by atoms with E-state index in [1.807, 2.05) is 30.0 Å². The molecule has 1 aliphatic heterocycles. The van der Waals surface area contributed by atoms with Gasteiger partial charge in [0.1, 0.15) is 0 Å². The van der Waals surface area contributed by atoms with Gasteiger partial charge in [0.15, 0.2) is 0 Å². The molecule has 1 fully saturated rings. The Balaban J connectivity index is 1.70. The Labute approximate surface area is 122 Å². The van der Waals surface area contributed by atoms with Crippen LogP contribution in [0.4, 0.5) is 5.69 Å². The molecule has 1 saturated heterocycles. The smallest absolute Gasteiger partial charge is 0.253 e. The summed E-state index contributed by atoms with van der Waals surface area (Å²) >= 11 is 1.97. The van der Waals surface area contributed by atoms with E-state index < -0.39 is 0 Å². The van der Waals surface area contributed by atoms with Crippen molar-refractivity contribution in [3.63, 3.8) is 0 Å². The maximum atomic E-state index is 12.3. The Kier molecular flexibility index (Phi) is 3.87. The van der Waals surface area contributed by atoms with Crippen molar-refractivity contribution in [2.75, 3.05) is 18.0 Å². The van der Waals surface area contributed by atoms with Crippen LogP contribution in [0.2, 0.25) is 0 Å². The van der Waals surface area contributed by atoms with Crippen molar-refractivity contribution in [1.29, 1.82) is 0 Å². The van der Waals surface area contributed by atoms with Crippen LogP contribution in [-0.4, -0.2) is 28.4 Å². The standard InChI is InChI=1S/C15H19N3OS/c16-10-4-5-14-12(7-10)13(9-17-14)15(19)18-8-11-3-1-2-6-20-11/h4-5,7,9,11,17H,1-3,6,8,16H2,(H,18,19). The highest BCUT2D eigenvalue weighted by atomic mass is 32.2. The topological polar surface area (TPSA) is 70.9 Å². The molecule has 0 radical (unpaired) electrons. The van der Waals surface area contributed by atoms with Crippen LogP contribution in [0.3, 0.4) is 0 Å². The molecule has 1 amide bonds. The summed E-state index contributed by atoms with van der Waals surface area (Å²) in [4.78, 5) is 15.4. The molecular formula is C15H19N3OS. The van der Waals surface area contributed by atoms with Gasteiger partial charge < -0.3 is 16.0 Å². The number of carbonyl (C=O) groups excluding carboxylic acids is 1. The number of carbonyl (C=O) groups is 1. The van der Waals surface area contributed by atoms with E-state index in [0.29, 0.717) is 16.5 Å². The van der Waals surface area contributed by atoms with Gasteiger partial charge in [0, 0.05) is 34.6 Å². The van der Waals surface area contributed by atoms with E-state index in [4.69, 9.17) is 5.73 Å². The lowest BCUT2D eigenvalue weighted by molar-refractivity contribution is 0.0955. The second kappa shape index (κ2) is 5.79. The highest BCUT2D eigenvalue weighted by Gasteiger charge is 2.17. The van der Waals surface area contributed by atoms with Crippen LogP contribution in [0, 0.1) is 0 Å². The van der Waals surface area contributed by atoms with E-state index in [1.165, 1.54) is 25.0 Å². The van der Waals surface area contributed by atoms with Gasteiger partial charge in [-0.1, -0.05) is 6.42 Å². The van der Waals surface area contributed by atoms with Gasteiger partial charge in [-0.2, -0.15) is 11.8 Å². The van der Waals surface area contributed by atoms with Crippen molar-refractivity contribution in [1.82, 2.24) is 10.3 Å². The van der Waals surface area contributed by atoms with Gasteiger partial charge in [-0.3, -0.25) is 4.79 Å². The summed E-state index contributed by atoms with van der Waals surface area (Å²) in [5.74, 6) is 1.19. The van der Waals surface area contributed by atoms with Crippen molar-refractivity contribution in [2.24, 2.45) is 0 Å². The summed E-state index contributed by atoms with van der Waals surface area (Å²) < 4.78 is 0. The third kappa shape index (κ3) is 2.77. The lowest BCUT2D eigenvalue weighted by Crippen LogP contribution is -2.31. The molecule has 20 heavy (non-hydrogen) atoms. The first kappa shape index (κ1) is 13.4. The van der Waals surface area contributed by atoms with Crippen LogP contribution >= 0.6 is 11.8 Å². The summed E-state index contributed by atoms with van der Waals surface area (Å²) in [7, 11) is 0. The number of aromatic nitrogens is 1. The quantitative estimate of drug-likeness (QED) is 0.761. The van der Waals surface area contributed by atoms with E-state index in [2.05, 4.69) is 10.3 Å². The molecule has 4 N–H and O–H groups in total. The first-order valence-corrected chi connectivity index (χ1v) is 8.05. The predicted octanol–water partition coefficient (Wildman–Crippen LogP) is 2.77. The monoisotopic (exact) mass is 289 g/mol. The number of nitrogen functional groups attached to an aromatic ring is 1. The highest BCUT2D eigenvalue weighted by molar-refractivity contribution is 7.99. The Morgan fingerprint density at radius 1 is 1.45 bits per heavy atom. The second-order valence-corrected chi connectivity index (χ2v) is 6.61. The number of rotatable bonds is 3. The minimum Gasteiger partial charge on any atom is -0.399 e. The van der Waals surface area contributed by atoms with E-state index in [-0.39, 0.29) is 5.91 Å². The number of fused-ring (bicyclic) bond motifs is 1. The highest BCUT2D eigenvalue weighted by Crippen LogP contribution is 2.25. The molecule has 2 heterocycles. The Bertz CT molecular complexity index is 617. The largest absolute Gasteiger partial charge is 0.399 e. The fourth-order valence-corrected chi connectivity index (χ4v) is 3.83. The lowest BCUT2D eigenvalue weighted by atomic mass is 10.1. The van der Waals surface area contributed by atoms with Crippen molar-refractivity contribution in [2.45, 2.75) is 24.5 Å². The number of H-pyrrole nitrogens is 1. The van der Waals surface area contributed by atoms with Gasteiger partial charge in [0.25, 0.3) is 5.91 Å². The second-order valence-electron chi connectivity index (χ2n) is 5.21. The van der Waals surface area contributed by atoms with Gasteiger partial charge in [-0.25, -0.2) is 0 Å². The zero-order chi connectivity index (χ0) is 13.9. The number of anilines is 1. The van der Waals surface area contributed by atoms with E-state index in [0.717, 1.165) is 17.4 Å². The molecule has 1 atom stereocenters. The molecule has 2 aromatic rings. The average molecular weight is 289 g/mol. The van der Waals surface area contributed by atoms with Crippen molar-refractivity contribution < 1.29 is 4.79 Å². The van der Waals surface area contributed by atoms with Crippen LogP contribution in [0.15, 0.2) is 24.4 Å². The molecule has 0 saturated carbocycles. The maximum Gasteiger partial charge on any atom is 0.253 e. The predicted molar refractivity (Wildman–Crippen MR) is 85.1 cm³/mol. The van der Waals surface area contributed by atoms with Gasteiger partial charge in [-0.15, -0.1) is 0 Å². The zero-order valence-corrected chi connectivity index (χ0v) is 12.1. The molecule has 1 unspecified atom stereocenters. The molecule has 5 heteroatoms. The molecular weight excluding hydrogens is 270 g/mol. The molecule has 1 aromatic heterocycles. The minimum absolute atomic E-state index is 0.0203. The maximum absolute atomic E-state index is 12.3. The SMILES string of the molecule is Nc1ccc2[nH]cc(C(=O)NCC3CCCCS3)c2c1. The summed E-state index contributed by atoms with van der Waals surface area (Å²) in [6.07, 6.45) is 5.53. The van der Waals surface area contributed by atoms with Gasteiger partial charge in [0.05, 0.1) is 5.56 Å². The first-order valence-electron chi connectivity index (χ1n) is 7.00. The van der Waals surface area contributed by atoms with E-state index in [1.54, 1.807) is 6.20 Å². The van der Waals surface area contributed by atoms with E-state index in [9.17, 15) is 4.79 Å². The lowest BCUT2D eigenvalue weighted by Gasteiger charge is -2.21. The van der Waals surface area contributed by atoms with Crippen molar-refractivity contribution in [3.8, 4) is 0 Å². The number of hydrogen-bond donors (Lipinski definition) is 3. The number of amides is 1. The van der Waals surface area contributed by atoms with Crippen molar-refractivity contribution >= 4 is 34.3 Å². The van der Waals surface area contributed by atoms with Gasteiger partial charge in [-0.05, 0) is 36.8 Å². The van der Waals surface area contributed by atoms with Crippen molar-refractivity contribution in [3.05, 3.63) is 30.0 Å². The number of thioether (sulfide) groups is 1. The summed E-state index contributed by atoms with van der Waals surface area (Å²) in [6, 6.07) is 5.58. The normalized spacial score (nSPS) is 19.1. The van der Waals surface area contributed by atoms with Crippen LogP contribution in [0.1, 0.15) is 29.6 Å². The first-order chi connectivity index (χ1) is 9.74. The number of nitrogens with two attached hydrogens (primary N) is 1. The summed E-state index contributed by atoms with van der Waals surface area (Å²) in [5.41, 5.74) is 8.08. The molecule has 4 nitrogen and oxygen atoms in total. The van der Waals surface area contributed by atoms with Crippen LogP contribution in [0.5, 0.6) is 0 Å². The number of nitrogens with one attached hydrogen (secondary N) is 2. The molecule has 3 rings (SSSR count). The zero-order valence-electron chi connectivity index (χ0n) is 11.3. The summed E-state index contributed by atoms with van der Waals surface area (Å²) in [6.45, 7) is 0.749. The fourth-order valence-electron chi connectivity index (χ4n) is 2.60. The third-order valence-electron chi connectivity index (χ3n) is 3.71. The molecule has 1 aliphatic rings. The number of hydrogen-bond acceptors (Lipinski definition) is 3. The Hall–Kier alpha value is -1.62. The molecule has 0 spiro atoms. The summed E-state index contributed by atoms with van der Waals surface area (Å²) in [5, 5.41) is 4.49. The van der Waals surface area contributed by atoms with Crippen LogP contribution in [-0.2, 0) is 0 Å². The van der Waals surface area contributed by atoms with E-state index >= 15 is 0 Å². The third-order valence-corrected chi connectivity index (χ3v) is 5.11. The Morgan fingerprint density at radius 3 is 3.15 bits per heavy atom. The van der Waals surface area contributed by atoms with Gasteiger partial charge >= 0.3 is 0 Å². The number of benzene rings is 1. The van der Waals surface area contributed by atoms with Crippen LogP contribution in [0.25, 0.3) is 10.9 Å². The molecule has 1 aromatic carbocycles. The molecule has 0 bridgehead atoms. The minimum atomic E-state index is -0.0203. The average Bonchev–Trinajstić information content (AvgIpc) is 2.89. The fraction of sp³-hybridized carbons (Fsp3) is 0.400. The molecule has 0 aliphatic carbocycles. The molecule has 106 valence electrons.